The molecule has 2 aliphatic rings. The lowest BCUT2D eigenvalue weighted by molar-refractivity contribution is -0.143. The molecule has 2 heterocycles. The van der Waals surface area contributed by atoms with Gasteiger partial charge in [0.25, 0.3) is 11.1 Å². The van der Waals surface area contributed by atoms with Gasteiger partial charge in [0.15, 0.2) is 0 Å². The number of hydrogen-bond acceptors (Lipinski definition) is 6. The van der Waals surface area contributed by atoms with Gasteiger partial charge in [-0.15, -0.1) is 0 Å². The summed E-state index contributed by atoms with van der Waals surface area (Å²) in [5.74, 6) is -0.231. The van der Waals surface area contributed by atoms with E-state index in [1.807, 2.05) is 18.2 Å². The van der Waals surface area contributed by atoms with Crippen LogP contribution in [-0.4, -0.2) is 42.3 Å². The Balaban J connectivity index is 1.81. The van der Waals surface area contributed by atoms with Gasteiger partial charge in [0.05, 0.1) is 18.6 Å². The van der Waals surface area contributed by atoms with Gasteiger partial charge in [-0.2, -0.15) is 0 Å². The zero-order chi connectivity index (χ0) is 16.4. The molecule has 7 heteroatoms. The molecular weight excluding hydrogens is 318 g/mol. The lowest BCUT2D eigenvalue weighted by Gasteiger charge is -2.17. The predicted molar refractivity (Wildman–Crippen MR) is 85.0 cm³/mol. The Hall–Kier alpha value is -2.28. The van der Waals surface area contributed by atoms with E-state index in [1.165, 1.54) is 7.11 Å². The summed E-state index contributed by atoms with van der Waals surface area (Å²) in [6.07, 6.45) is 3.56. The molecule has 0 spiro atoms. The first-order valence-corrected chi connectivity index (χ1v) is 7.98. The number of rotatable bonds is 3. The first-order chi connectivity index (χ1) is 11.1. The summed E-state index contributed by atoms with van der Waals surface area (Å²) in [7, 11) is 1.21. The second-order valence-corrected chi connectivity index (χ2v) is 6.16. The number of methoxy groups -OCH3 is 1. The molecule has 0 atom stereocenters. The number of carbonyl (C=O) groups is 3. The molecule has 23 heavy (non-hydrogen) atoms. The molecule has 1 fully saturated rings. The van der Waals surface area contributed by atoms with Crippen LogP contribution < -0.4 is 4.74 Å². The fourth-order valence-electron chi connectivity index (χ4n) is 2.45. The topological polar surface area (TPSA) is 72.9 Å². The average Bonchev–Trinajstić information content (AvgIpc) is 2.82. The highest BCUT2D eigenvalue weighted by atomic mass is 32.2. The van der Waals surface area contributed by atoms with E-state index >= 15 is 0 Å². The van der Waals surface area contributed by atoms with Crippen LogP contribution in [0.1, 0.15) is 17.5 Å². The third-order valence-electron chi connectivity index (χ3n) is 3.62. The van der Waals surface area contributed by atoms with Crippen LogP contribution in [0.25, 0.3) is 6.08 Å². The highest BCUT2D eigenvalue weighted by Gasteiger charge is 2.36. The fraction of sp³-hybridized carbons (Fsp3) is 0.312. The van der Waals surface area contributed by atoms with E-state index in [1.54, 1.807) is 6.08 Å². The van der Waals surface area contributed by atoms with Crippen LogP contribution in [0.3, 0.4) is 0 Å². The molecule has 6 nitrogen and oxygen atoms in total. The number of benzene rings is 1. The van der Waals surface area contributed by atoms with E-state index < -0.39 is 17.1 Å². The minimum absolute atomic E-state index is 0.301. The maximum atomic E-state index is 12.2. The molecule has 0 aliphatic carbocycles. The lowest BCUT2D eigenvalue weighted by Crippen LogP contribution is -2.34. The van der Waals surface area contributed by atoms with Crippen molar-refractivity contribution in [2.45, 2.75) is 12.8 Å². The maximum Gasteiger partial charge on any atom is 0.325 e. The van der Waals surface area contributed by atoms with Crippen LogP contribution in [-0.2, 0) is 20.7 Å². The number of amides is 2. The Morgan fingerprint density at radius 1 is 1.43 bits per heavy atom. The molecule has 1 aromatic rings. The van der Waals surface area contributed by atoms with Crippen LogP contribution in [0.4, 0.5) is 4.79 Å². The number of carbonyl (C=O) groups excluding carboxylic acids is 3. The Morgan fingerprint density at radius 3 is 3.04 bits per heavy atom. The SMILES string of the molecule is COC(=O)CN1C(=O)S/C(=C/c2ccc3c(c2)CCCO3)C1=O. The van der Waals surface area contributed by atoms with E-state index in [9.17, 15) is 14.4 Å². The summed E-state index contributed by atoms with van der Waals surface area (Å²) >= 11 is 0.826. The van der Waals surface area contributed by atoms with Crippen LogP contribution in [0, 0.1) is 0 Å². The monoisotopic (exact) mass is 333 g/mol. The van der Waals surface area contributed by atoms with Crippen molar-refractivity contribution in [3.8, 4) is 5.75 Å². The fourth-order valence-corrected chi connectivity index (χ4v) is 3.29. The minimum atomic E-state index is -0.625. The van der Waals surface area contributed by atoms with Crippen molar-refractivity contribution in [3.05, 3.63) is 34.2 Å². The Labute approximate surface area is 137 Å². The van der Waals surface area contributed by atoms with Gasteiger partial charge < -0.3 is 9.47 Å². The van der Waals surface area contributed by atoms with Crippen molar-refractivity contribution in [2.75, 3.05) is 20.3 Å². The second kappa shape index (κ2) is 6.45. The van der Waals surface area contributed by atoms with E-state index in [0.717, 1.165) is 53.0 Å². The van der Waals surface area contributed by atoms with Gasteiger partial charge >= 0.3 is 5.97 Å². The molecule has 2 amide bonds. The Bertz CT molecular complexity index is 712. The van der Waals surface area contributed by atoms with Crippen molar-refractivity contribution in [1.29, 1.82) is 0 Å². The number of fused-ring (bicyclic) bond motifs is 1. The van der Waals surface area contributed by atoms with E-state index in [4.69, 9.17) is 4.74 Å². The minimum Gasteiger partial charge on any atom is -0.493 e. The molecule has 1 saturated heterocycles. The number of thioether (sulfide) groups is 1. The van der Waals surface area contributed by atoms with Crippen molar-refractivity contribution in [1.82, 2.24) is 4.90 Å². The standard InChI is InChI=1S/C16H15NO5S/c1-21-14(18)9-17-15(19)13(23-16(17)20)8-10-4-5-12-11(7-10)3-2-6-22-12/h4-5,7-8H,2-3,6,9H2,1H3/b13-8+. The van der Waals surface area contributed by atoms with Gasteiger partial charge in [-0.05, 0) is 53.9 Å². The highest BCUT2D eigenvalue weighted by molar-refractivity contribution is 8.18. The molecule has 2 aliphatic heterocycles. The summed E-state index contributed by atoms with van der Waals surface area (Å²) in [6, 6.07) is 5.68. The third-order valence-corrected chi connectivity index (χ3v) is 4.53. The molecule has 0 bridgehead atoms. The normalized spacial score (nSPS) is 18.8. The smallest absolute Gasteiger partial charge is 0.325 e. The van der Waals surface area contributed by atoms with Gasteiger partial charge in [0, 0.05) is 0 Å². The molecule has 3 rings (SSSR count). The molecular formula is C16H15NO5S. The first kappa shape index (κ1) is 15.6. The summed E-state index contributed by atoms with van der Waals surface area (Å²) in [5, 5.41) is -0.465. The molecule has 0 saturated carbocycles. The summed E-state index contributed by atoms with van der Waals surface area (Å²) < 4.78 is 10.1. The quantitative estimate of drug-likeness (QED) is 0.624. The number of esters is 1. The molecule has 0 N–H and O–H groups in total. The van der Waals surface area contributed by atoms with E-state index in [-0.39, 0.29) is 6.54 Å². The van der Waals surface area contributed by atoms with Crippen molar-refractivity contribution >= 4 is 35.0 Å². The number of aryl methyl sites for hydroxylation is 1. The summed E-state index contributed by atoms with van der Waals surface area (Å²) in [6.45, 7) is 0.356. The van der Waals surface area contributed by atoms with Crippen molar-refractivity contribution in [3.63, 3.8) is 0 Å². The zero-order valence-electron chi connectivity index (χ0n) is 12.5. The number of imide groups is 1. The van der Waals surface area contributed by atoms with Crippen LogP contribution >= 0.6 is 11.8 Å². The van der Waals surface area contributed by atoms with Gasteiger partial charge in [0.1, 0.15) is 12.3 Å². The van der Waals surface area contributed by atoms with Gasteiger partial charge in [-0.25, -0.2) is 0 Å². The zero-order valence-corrected chi connectivity index (χ0v) is 13.4. The van der Waals surface area contributed by atoms with Crippen LogP contribution in [0.2, 0.25) is 0 Å². The largest absolute Gasteiger partial charge is 0.493 e. The van der Waals surface area contributed by atoms with Gasteiger partial charge in [-0.3, -0.25) is 19.3 Å². The second-order valence-electron chi connectivity index (χ2n) is 5.16. The van der Waals surface area contributed by atoms with Crippen molar-refractivity contribution in [2.24, 2.45) is 0 Å². The number of hydrogen-bond donors (Lipinski definition) is 0. The average molecular weight is 333 g/mol. The van der Waals surface area contributed by atoms with E-state index in [0.29, 0.717) is 4.91 Å². The van der Waals surface area contributed by atoms with Gasteiger partial charge in [0.2, 0.25) is 0 Å². The van der Waals surface area contributed by atoms with Crippen molar-refractivity contribution < 1.29 is 23.9 Å². The molecule has 0 radical (unpaired) electrons. The Morgan fingerprint density at radius 2 is 2.26 bits per heavy atom. The Kier molecular flexibility index (Phi) is 4.38. The number of ether oxygens (including phenoxy) is 2. The lowest BCUT2D eigenvalue weighted by atomic mass is 10.0. The first-order valence-electron chi connectivity index (χ1n) is 7.16. The summed E-state index contributed by atoms with van der Waals surface area (Å²) in [4.78, 5) is 36.6. The molecule has 0 aromatic heterocycles. The van der Waals surface area contributed by atoms with Crippen LogP contribution in [0.15, 0.2) is 23.1 Å². The molecule has 1 aromatic carbocycles. The molecule has 0 unspecified atom stereocenters. The molecule has 120 valence electrons. The van der Waals surface area contributed by atoms with E-state index in [2.05, 4.69) is 4.74 Å². The maximum absolute atomic E-state index is 12.2. The summed E-state index contributed by atoms with van der Waals surface area (Å²) in [5.41, 5.74) is 1.93. The van der Waals surface area contributed by atoms with Crippen LogP contribution in [0.5, 0.6) is 5.75 Å². The predicted octanol–water partition coefficient (Wildman–Crippen LogP) is 2.22. The number of nitrogens with zero attached hydrogens (tertiary/aromatic N) is 1. The highest BCUT2D eigenvalue weighted by Crippen LogP contribution is 2.33. The third kappa shape index (κ3) is 3.24. The van der Waals surface area contributed by atoms with Gasteiger partial charge in [-0.1, -0.05) is 6.07 Å².